The summed E-state index contributed by atoms with van der Waals surface area (Å²) in [6.07, 6.45) is 4.23. The number of ether oxygens (including phenoxy) is 2. The molecule has 0 aliphatic carbocycles. The van der Waals surface area contributed by atoms with Crippen molar-refractivity contribution in [2.75, 3.05) is 33.6 Å². The van der Waals surface area contributed by atoms with Crippen LogP contribution in [0.2, 0.25) is 5.02 Å². The Hall–Kier alpha value is -1.18. The fraction of sp³-hybridized carbons (Fsp3) is 0.400. The van der Waals surface area contributed by atoms with Crippen LogP contribution in [0.25, 0.3) is 6.08 Å². The smallest absolute Gasteiger partial charge is 0.349 e. The van der Waals surface area contributed by atoms with Gasteiger partial charge in [-0.05, 0) is 30.5 Å². The first-order valence-corrected chi connectivity index (χ1v) is 8.25. The van der Waals surface area contributed by atoms with Crippen molar-refractivity contribution in [1.29, 1.82) is 0 Å². The minimum absolute atomic E-state index is 0.396. The molecule has 0 amide bonds. The molecule has 0 spiro atoms. The van der Waals surface area contributed by atoms with Crippen molar-refractivity contribution in [3.63, 3.8) is 0 Å². The molecule has 22 heavy (non-hydrogen) atoms. The van der Waals surface area contributed by atoms with Crippen molar-refractivity contribution >= 4 is 39.9 Å². The zero-order valence-electron chi connectivity index (χ0n) is 12.5. The first-order valence-electron chi connectivity index (χ1n) is 7.00. The van der Waals surface area contributed by atoms with Crippen LogP contribution in [-0.4, -0.2) is 38.8 Å². The number of hydrogen-bond acceptors (Lipinski definition) is 5. The Morgan fingerprint density at radius 3 is 3.05 bits per heavy atom. The second-order valence-corrected chi connectivity index (χ2v) is 6.42. The third-order valence-corrected chi connectivity index (χ3v) is 5.20. The molecule has 0 radical (unpaired) electrons. The number of nitrogens with zero attached hydrogens (tertiary/aromatic N) is 2. The fourth-order valence-corrected chi connectivity index (χ4v) is 3.81. The molecular formula is C15H18ClN2O3S+. The normalized spacial score (nSPS) is 20.3. The van der Waals surface area contributed by atoms with Gasteiger partial charge in [-0.3, -0.25) is 0 Å². The van der Waals surface area contributed by atoms with Gasteiger partial charge >= 0.3 is 5.88 Å². The molecule has 2 aromatic rings. The Kier molecular flexibility index (Phi) is 4.65. The minimum Gasteiger partial charge on any atom is -0.382 e. The second-order valence-electron chi connectivity index (χ2n) is 5.15. The topological polar surface area (TPSA) is 44.5 Å². The average Bonchev–Trinajstić information content (AvgIpc) is 3.12. The summed E-state index contributed by atoms with van der Waals surface area (Å²) in [6, 6.07) is 2.09. The molecule has 2 aromatic heterocycles. The summed E-state index contributed by atoms with van der Waals surface area (Å²) in [5, 5.41) is 7.80. The highest BCUT2D eigenvalue weighted by Crippen LogP contribution is 2.47. The molecule has 0 fully saturated rings. The van der Waals surface area contributed by atoms with Gasteiger partial charge in [0.2, 0.25) is 5.00 Å². The summed E-state index contributed by atoms with van der Waals surface area (Å²) in [7, 11) is 1.66. The molecule has 3 heterocycles. The highest BCUT2D eigenvalue weighted by Gasteiger charge is 2.43. The number of fused-ring (bicyclic) bond motifs is 1. The Balaban J connectivity index is 2.00. The van der Waals surface area contributed by atoms with E-state index >= 15 is 0 Å². The van der Waals surface area contributed by atoms with Gasteiger partial charge in [0, 0.05) is 12.7 Å². The zero-order valence-corrected chi connectivity index (χ0v) is 14.1. The lowest BCUT2D eigenvalue weighted by Gasteiger charge is -2.34. The highest BCUT2D eigenvalue weighted by atomic mass is 35.5. The van der Waals surface area contributed by atoms with E-state index in [-0.39, 0.29) is 0 Å². The number of quaternary nitrogens is 1. The van der Waals surface area contributed by atoms with Gasteiger partial charge in [0.15, 0.2) is 11.8 Å². The standard InChI is InChI=1S/C15H18ClN2O3S/c1-11-13(16)14(21-17-11)18(10-20-8-7-19-2)6-3-4-12-5-9-22-15(12)18/h3-5,9H,6-8,10H2,1-2H3/q+1. The van der Waals surface area contributed by atoms with Crippen molar-refractivity contribution in [3.8, 4) is 0 Å². The van der Waals surface area contributed by atoms with E-state index in [1.807, 2.05) is 6.92 Å². The number of aryl methyl sites for hydroxylation is 1. The van der Waals surface area contributed by atoms with Crippen molar-refractivity contribution in [2.24, 2.45) is 0 Å². The summed E-state index contributed by atoms with van der Waals surface area (Å²) in [4.78, 5) is 0. The van der Waals surface area contributed by atoms with E-state index in [0.717, 1.165) is 17.1 Å². The molecule has 1 aliphatic rings. The van der Waals surface area contributed by atoms with Crippen LogP contribution in [0, 0.1) is 6.92 Å². The Labute approximate surface area is 138 Å². The molecule has 0 aromatic carbocycles. The number of hydrogen-bond donors (Lipinski definition) is 0. The van der Waals surface area contributed by atoms with Gasteiger partial charge in [0.25, 0.3) is 0 Å². The van der Waals surface area contributed by atoms with E-state index in [2.05, 4.69) is 28.8 Å². The molecule has 3 rings (SSSR count). The fourth-order valence-electron chi connectivity index (χ4n) is 2.55. The van der Waals surface area contributed by atoms with Crippen LogP contribution < -0.4 is 4.48 Å². The molecule has 0 saturated heterocycles. The zero-order chi connectivity index (χ0) is 15.6. The molecule has 0 saturated carbocycles. The van der Waals surface area contributed by atoms with Gasteiger partial charge in [-0.2, -0.15) is 4.48 Å². The maximum Gasteiger partial charge on any atom is 0.349 e. The van der Waals surface area contributed by atoms with Crippen LogP contribution >= 0.6 is 22.9 Å². The molecule has 7 heteroatoms. The van der Waals surface area contributed by atoms with E-state index in [1.165, 1.54) is 0 Å². The average molecular weight is 342 g/mol. The number of rotatable bonds is 6. The Morgan fingerprint density at radius 2 is 2.32 bits per heavy atom. The van der Waals surface area contributed by atoms with Gasteiger partial charge < -0.3 is 14.0 Å². The van der Waals surface area contributed by atoms with Crippen molar-refractivity contribution < 1.29 is 14.0 Å². The number of halogens is 1. The second kappa shape index (κ2) is 6.52. The molecule has 1 unspecified atom stereocenters. The minimum atomic E-state index is 0.396. The molecular weight excluding hydrogens is 324 g/mol. The van der Waals surface area contributed by atoms with Crippen LogP contribution in [0.1, 0.15) is 11.3 Å². The first-order chi connectivity index (χ1) is 10.7. The predicted molar refractivity (Wildman–Crippen MR) is 88.6 cm³/mol. The summed E-state index contributed by atoms with van der Waals surface area (Å²) in [5.41, 5.74) is 1.86. The third-order valence-electron chi connectivity index (χ3n) is 3.68. The molecule has 5 nitrogen and oxygen atoms in total. The first kappa shape index (κ1) is 15.7. The van der Waals surface area contributed by atoms with Crippen LogP contribution in [0.4, 0.5) is 10.9 Å². The summed E-state index contributed by atoms with van der Waals surface area (Å²) in [6.45, 7) is 4.05. The maximum absolute atomic E-state index is 6.43. The van der Waals surface area contributed by atoms with E-state index < -0.39 is 0 Å². The number of aromatic nitrogens is 1. The Morgan fingerprint density at radius 1 is 1.45 bits per heavy atom. The van der Waals surface area contributed by atoms with Crippen molar-refractivity contribution in [1.82, 2.24) is 9.64 Å². The van der Waals surface area contributed by atoms with Gasteiger partial charge in [0.05, 0.1) is 13.2 Å². The lowest BCUT2D eigenvalue weighted by Crippen LogP contribution is -2.47. The van der Waals surface area contributed by atoms with Gasteiger partial charge in [0.1, 0.15) is 12.2 Å². The summed E-state index contributed by atoms with van der Waals surface area (Å²) in [5.74, 6) is 0.629. The monoisotopic (exact) mass is 341 g/mol. The van der Waals surface area contributed by atoms with E-state index in [0.29, 0.717) is 41.0 Å². The summed E-state index contributed by atoms with van der Waals surface area (Å²) >= 11 is 8.11. The lowest BCUT2D eigenvalue weighted by atomic mass is 10.2. The SMILES string of the molecule is COCCOC[N+]1(c2onc(C)c2Cl)CC=Cc2ccsc21. The maximum atomic E-state index is 6.43. The summed E-state index contributed by atoms with van der Waals surface area (Å²) < 4.78 is 16.9. The van der Waals surface area contributed by atoms with E-state index in [9.17, 15) is 0 Å². The Bertz CT molecular complexity index is 682. The number of thiophene rings is 1. The van der Waals surface area contributed by atoms with Crippen molar-refractivity contribution in [2.45, 2.75) is 6.92 Å². The molecule has 0 bridgehead atoms. The number of methoxy groups -OCH3 is 1. The third kappa shape index (κ3) is 2.61. The molecule has 118 valence electrons. The molecule has 1 atom stereocenters. The highest BCUT2D eigenvalue weighted by molar-refractivity contribution is 7.14. The molecule has 1 aliphatic heterocycles. The van der Waals surface area contributed by atoms with Crippen molar-refractivity contribution in [3.05, 3.63) is 33.8 Å². The van der Waals surface area contributed by atoms with Crippen LogP contribution in [0.5, 0.6) is 0 Å². The largest absolute Gasteiger partial charge is 0.382 e. The van der Waals surface area contributed by atoms with E-state index in [1.54, 1.807) is 18.4 Å². The van der Waals surface area contributed by atoms with Crippen LogP contribution in [0.15, 0.2) is 22.0 Å². The van der Waals surface area contributed by atoms with Crippen LogP contribution in [-0.2, 0) is 9.47 Å². The predicted octanol–water partition coefficient (Wildman–Crippen LogP) is 3.98. The molecule has 0 N–H and O–H groups in total. The van der Waals surface area contributed by atoms with Gasteiger partial charge in [-0.15, -0.1) is 0 Å². The lowest BCUT2D eigenvalue weighted by molar-refractivity contribution is 0.0234. The van der Waals surface area contributed by atoms with E-state index in [4.69, 9.17) is 25.6 Å². The quantitative estimate of drug-likeness (QED) is 0.588. The van der Waals surface area contributed by atoms with Gasteiger partial charge in [-0.1, -0.05) is 28.1 Å². The van der Waals surface area contributed by atoms with Gasteiger partial charge in [-0.25, -0.2) is 0 Å². The van der Waals surface area contributed by atoms with Crippen LogP contribution in [0.3, 0.4) is 0 Å².